The van der Waals surface area contributed by atoms with Gasteiger partial charge in [0.15, 0.2) is 0 Å². The molecule has 0 aliphatic carbocycles. The van der Waals surface area contributed by atoms with E-state index in [1.54, 1.807) is 6.26 Å². The zero-order valence-electron chi connectivity index (χ0n) is 8.03. The second-order valence-corrected chi connectivity index (χ2v) is 3.20. The van der Waals surface area contributed by atoms with E-state index in [9.17, 15) is 0 Å². The largest absolute Gasteiger partial charge is 0.447 e. The highest BCUT2D eigenvalue weighted by molar-refractivity contribution is 5.58. The molecule has 2 aromatic rings. The molecule has 1 aromatic carbocycles. The quantitative estimate of drug-likeness (QED) is 0.785. The van der Waals surface area contributed by atoms with Crippen LogP contribution in [0, 0.1) is 6.92 Å². The molecule has 0 amide bonds. The van der Waals surface area contributed by atoms with Gasteiger partial charge in [-0.2, -0.15) is 0 Å². The van der Waals surface area contributed by atoms with Crippen molar-refractivity contribution in [3.63, 3.8) is 0 Å². The van der Waals surface area contributed by atoms with Crippen LogP contribution in [0.5, 0.6) is 0 Å². The lowest BCUT2D eigenvalue weighted by molar-refractivity contribution is 0.498. The zero-order chi connectivity index (χ0) is 9.97. The number of hydrogen-bond acceptors (Lipinski definition) is 3. The molecular weight excluding hydrogens is 176 g/mol. The van der Waals surface area contributed by atoms with Crippen molar-refractivity contribution in [2.45, 2.75) is 13.5 Å². The summed E-state index contributed by atoms with van der Waals surface area (Å²) in [7, 11) is 0. The number of hydrogen-bond donors (Lipinski definition) is 1. The number of aryl methyl sites for hydroxylation is 1. The minimum atomic E-state index is 0.339. The van der Waals surface area contributed by atoms with E-state index in [2.05, 4.69) is 11.9 Å². The molecule has 2 N–H and O–H groups in total. The van der Waals surface area contributed by atoms with E-state index in [0.717, 1.165) is 11.3 Å². The smallest absolute Gasteiger partial charge is 0.208 e. The Balaban J connectivity index is 2.34. The van der Waals surface area contributed by atoms with Crippen LogP contribution in [0.1, 0.15) is 11.5 Å². The molecule has 72 valence electrons. The van der Waals surface area contributed by atoms with Gasteiger partial charge in [-0.3, -0.25) is 0 Å². The van der Waals surface area contributed by atoms with Crippen LogP contribution < -0.4 is 5.73 Å². The minimum Gasteiger partial charge on any atom is -0.447 e. The Hall–Kier alpha value is -1.61. The van der Waals surface area contributed by atoms with Crippen molar-refractivity contribution >= 4 is 0 Å². The highest BCUT2D eigenvalue weighted by atomic mass is 16.3. The van der Waals surface area contributed by atoms with E-state index in [-0.39, 0.29) is 0 Å². The molecule has 2 rings (SSSR count). The molecule has 1 heterocycles. The molecular formula is C11H12N2O. The summed E-state index contributed by atoms with van der Waals surface area (Å²) in [6.07, 6.45) is 1.63. The molecule has 0 unspecified atom stereocenters. The fraction of sp³-hybridized carbons (Fsp3) is 0.182. The van der Waals surface area contributed by atoms with Gasteiger partial charge in [-0.25, -0.2) is 4.98 Å². The van der Waals surface area contributed by atoms with Crippen LogP contribution in [0.3, 0.4) is 0 Å². The molecule has 0 saturated carbocycles. The zero-order valence-corrected chi connectivity index (χ0v) is 8.03. The van der Waals surface area contributed by atoms with E-state index in [4.69, 9.17) is 10.2 Å². The summed E-state index contributed by atoms with van der Waals surface area (Å²) in [6, 6.07) is 8.14. The first-order valence-electron chi connectivity index (χ1n) is 4.51. The van der Waals surface area contributed by atoms with Crippen LogP contribution in [0.25, 0.3) is 11.3 Å². The maximum absolute atomic E-state index is 5.41. The van der Waals surface area contributed by atoms with Crippen molar-refractivity contribution in [1.29, 1.82) is 0 Å². The summed E-state index contributed by atoms with van der Waals surface area (Å²) < 4.78 is 5.16. The Morgan fingerprint density at radius 3 is 2.57 bits per heavy atom. The van der Waals surface area contributed by atoms with Crippen molar-refractivity contribution in [3.8, 4) is 11.3 Å². The summed E-state index contributed by atoms with van der Waals surface area (Å²) in [5.74, 6) is 0.570. The van der Waals surface area contributed by atoms with Crippen molar-refractivity contribution in [2.24, 2.45) is 5.73 Å². The van der Waals surface area contributed by atoms with Crippen molar-refractivity contribution in [2.75, 3.05) is 0 Å². The van der Waals surface area contributed by atoms with Gasteiger partial charge in [0.05, 0.1) is 6.54 Å². The van der Waals surface area contributed by atoms with Gasteiger partial charge in [-0.15, -0.1) is 0 Å². The average molecular weight is 188 g/mol. The lowest BCUT2D eigenvalue weighted by Gasteiger charge is -1.95. The van der Waals surface area contributed by atoms with E-state index in [0.29, 0.717) is 12.4 Å². The van der Waals surface area contributed by atoms with Gasteiger partial charge in [0, 0.05) is 5.56 Å². The van der Waals surface area contributed by atoms with Gasteiger partial charge in [-0.1, -0.05) is 29.8 Å². The van der Waals surface area contributed by atoms with Crippen LogP contribution in [-0.4, -0.2) is 4.98 Å². The molecule has 0 aliphatic heterocycles. The molecule has 0 saturated heterocycles. The first kappa shape index (κ1) is 8.97. The van der Waals surface area contributed by atoms with Crippen molar-refractivity contribution in [1.82, 2.24) is 4.98 Å². The lowest BCUT2D eigenvalue weighted by atomic mass is 10.1. The molecule has 0 spiro atoms. The predicted molar refractivity (Wildman–Crippen MR) is 54.6 cm³/mol. The van der Waals surface area contributed by atoms with Crippen molar-refractivity contribution < 1.29 is 4.42 Å². The van der Waals surface area contributed by atoms with E-state index in [1.165, 1.54) is 5.56 Å². The van der Waals surface area contributed by atoms with Crippen LogP contribution in [0.4, 0.5) is 0 Å². The topological polar surface area (TPSA) is 52.0 Å². The standard InChI is InChI=1S/C11H12N2O/c1-8-2-4-9(5-3-8)10-7-14-11(6-12)13-10/h2-5,7H,6,12H2,1H3. The van der Waals surface area contributed by atoms with Crippen LogP contribution in [-0.2, 0) is 6.54 Å². The number of aromatic nitrogens is 1. The summed E-state index contributed by atoms with van der Waals surface area (Å²) in [5, 5.41) is 0. The number of rotatable bonds is 2. The highest BCUT2D eigenvalue weighted by Gasteiger charge is 2.03. The van der Waals surface area contributed by atoms with Crippen LogP contribution >= 0.6 is 0 Å². The lowest BCUT2D eigenvalue weighted by Crippen LogP contribution is -1.95. The van der Waals surface area contributed by atoms with Crippen LogP contribution in [0.15, 0.2) is 34.9 Å². The summed E-state index contributed by atoms with van der Waals surface area (Å²) in [6.45, 7) is 2.39. The Morgan fingerprint density at radius 2 is 2.00 bits per heavy atom. The van der Waals surface area contributed by atoms with Gasteiger partial charge in [0.2, 0.25) is 5.89 Å². The van der Waals surface area contributed by atoms with Crippen molar-refractivity contribution in [3.05, 3.63) is 42.0 Å². The molecule has 0 radical (unpaired) electrons. The number of nitrogens with two attached hydrogens (primary N) is 1. The first-order chi connectivity index (χ1) is 6.79. The Labute approximate surface area is 82.6 Å². The predicted octanol–water partition coefficient (Wildman–Crippen LogP) is 2.11. The molecule has 0 fully saturated rings. The normalized spacial score (nSPS) is 10.4. The Kier molecular flexibility index (Phi) is 2.33. The number of nitrogens with zero attached hydrogens (tertiary/aromatic N) is 1. The summed E-state index contributed by atoms with van der Waals surface area (Å²) >= 11 is 0. The number of benzene rings is 1. The third-order valence-corrected chi connectivity index (χ3v) is 2.07. The van der Waals surface area contributed by atoms with E-state index >= 15 is 0 Å². The van der Waals surface area contributed by atoms with Gasteiger partial charge < -0.3 is 10.2 Å². The van der Waals surface area contributed by atoms with E-state index in [1.807, 2.05) is 24.3 Å². The third-order valence-electron chi connectivity index (χ3n) is 2.07. The SMILES string of the molecule is Cc1ccc(-c2coc(CN)n2)cc1. The average Bonchev–Trinajstić information content (AvgIpc) is 2.67. The van der Waals surface area contributed by atoms with Gasteiger partial charge in [-0.05, 0) is 6.92 Å². The molecule has 0 aliphatic rings. The monoisotopic (exact) mass is 188 g/mol. The maximum Gasteiger partial charge on any atom is 0.208 e. The van der Waals surface area contributed by atoms with E-state index < -0.39 is 0 Å². The van der Waals surface area contributed by atoms with Gasteiger partial charge in [0.25, 0.3) is 0 Å². The third kappa shape index (κ3) is 1.67. The summed E-state index contributed by atoms with van der Waals surface area (Å²) in [4.78, 5) is 4.24. The molecule has 3 nitrogen and oxygen atoms in total. The molecule has 0 bridgehead atoms. The minimum absolute atomic E-state index is 0.339. The molecule has 14 heavy (non-hydrogen) atoms. The fourth-order valence-corrected chi connectivity index (χ4v) is 1.26. The fourth-order valence-electron chi connectivity index (χ4n) is 1.26. The Bertz CT molecular complexity index is 417. The number of oxazole rings is 1. The van der Waals surface area contributed by atoms with Gasteiger partial charge in [0.1, 0.15) is 12.0 Å². The van der Waals surface area contributed by atoms with Gasteiger partial charge >= 0.3 is 0 Å². The summed E-state index contributed by atoms with van der Waals surface area (Å²) in [5.41, 5.74) is 8.53. The molecule has 1 aromatic heterocycles. The van der Waals surface area contributed by atoms with Crippen LogP contribution in [0.2, 0.25) is 0 Å². The Morgan fingerprint density at radius 1 is 1.29 bits per heavy atom. The highest BCUT2D eigenvalue weighted by Crippen LogP contribution is 2.18. The molecule has 0 atom stereocenters. The first-order valence-corrected chi connectivity index (χ1v) is 4.51. The second kappa shape index (κ2) is 3.64. The molecule has 3 heteroatoms. The maximum atomic E-state index is 5.41. The second-order valence-electron chi connectivity index (χ2n) is 3.20.